The second-order valence-corrected chi connectivity index (χ2v) is 9.21. The minimum atomic E-state index is -0.265. The third-order valence-corrected chi connectivity index (χ3v) is 6.55. The highest BCUT2D eigenvalue weighted by molar-refractivity contribution is 7.13. The van der Waals surface area contributed by atoms with Crippen molar-refractivity contribution in [3.05, 3.63) is 107 Å². The summed E-state index contributed by atoms with van der Waals surface area (Å²) < 4.78 is 12.8. The highest BCUT2D eigenvalue weighted by Crippen LogP contribution is 2.25. The van der Waals surface area contributed by atoms with Crippen LogP contribution in [0.5, 0.6) is 5.88 Å². The number of pyridine rings is 1. The van der Waals surface area contributed by atoms with Gasteiger partial charge in [-0.1, -0.05) is 66.7 Å². The van der Waals surface area contributed by atoms with Crippen LogP contribution in [0.4, 0.5) is 0 Å². The number of carbonyl (C=O) groups excluding carboxylic acids is 1. The SMILES string of the molecule is CCOC(=O)Cc1cn(Cc2ccc(OCc3csc(-c4ccccc4)n3)nc2)nc1-c1ccccc1. The predicted molar refractivity (Wildman–Crippen MR) is 143 cm³/mol. The molecule has 2 aromatic carbocycles. The third-order valence-electron chi connectivity index (χ3n) is 5.61. The van der Waals surface area contributed by atoms with Gasteiger partial charge in [0.1, 0.15) is 11.6 Å². The Balaban J connectivity index is 1.24. The van der Waals surface area contributed by atoms with Crippen LogP contribution in [0.25, 0.3) is 21.8 Å². The number of benzene rings is 2. The van der Waals surface area contributed by atoms with Crippen LogP contribution in [-0.4, -0.2) is 32.3 Å². The number of ether oxygens (including phenoxy) is 2. The van der Waals surface area contributed by atoms with Gasteiger partial charge in [-0.3, -0.25) is 9.48 Å². The molecule has 8 heteroatoms. The first-order valence-electron chi connectivity index (χ1n) is 12.0. The Morgan fingerprint density at radius 1 is 0.973 bits per heavy atom. The zero-order chi connectivity index (χ0) is 25.5. The van der Waals surface area contributed by atoms with E-state index in [1.54, 1.807) is 24.5 Å². The van der Waals surface area contributed by atoms with Gasteiger partial charge in [-0.2, -0.15) is 5.10 Å². The first-order valence-corrected chi connectivity index (χ1v) is 12.9. The zero-order valence-corrected chi connectivity index (χ0v) is 21.2. The van der Waals surface area contributed by atoms with Crippen molar-refractivity contribution in [2.75, 3.05) is 6.61 Å². The number of esters is 1. The third kappa shape index (κ3) is 6.29. The Bertz CT molecular complexity index is 1450. The Kier molecular flexibility index (Phi) is 7.66. The summed E-state index contributed by atoms with van der Waals surface area (Å²) in [5, 5.41) is 7.74. The van der Waals surface area contributed by atoms with Gasteiger partial charge in [0, 0.05) is 40.5 Å². The molecule has 186 valence electrons. The molecule has 0 fully saturated rings. The minimum absolute atomic E-state index is 0.172. The molecule has 5 rings (SSSR count). The van der Waals surface area contributed by atoms with Crippen molar-refractivity contribution in [1.29, 1.82) is 0 Å². The number of hydrogen-bond acceptors (Lipinski definition) is 7. The normalized spacial score (nSPS) is 10.8. The number of hydrogen-bond donors (Lipinski definition) is 0. The standard InChI is InChI=1S/C29H26N4O3S/c1-2-35-27(34)15-24-18-33(32-28(24)22-9-5-3-6-10-22)17-21-13-14-26(30-16-21)36-19-25-20-37-29(31-25)23-11-7-4-8-12-23/h3-14,16,18,20H,2,15,17,19H2,1H3. The molecule has 3 aromatic heterocycles. The molecule has 0 radical (unpaired) electrons. The summed E-state index contributed by atoms with van der Waals surface area (Å²) in [6.45, 7) is 3.03. The van der Waals surface area contributed by atoms with Crippen molar-refractivity contribution < 1.29 is 14.3 Å². The smallest absolute Gasteiger partial charge is 0.310 e. The monoisotopic (exact) mass is 510 g/mol. The molecule has 37 heavy (non-hydrogen) atoms. The lowest BCUT2D eigenvalue weighted by Gasteiger charge is -2.05. The van der Waals surface area contributed by atoms with Crippen LogP contribution in [0.3, 0.4) is 0 Å². The van der Waals surface area contributed by atoms with E-state index in [1.807, 2.05) is 89.1 Å². The topological polar surface area (TPSA) is 79.1 Å². The Hall–Kier alpha value is -4.30. The molecule has 0 aliphatic heterocycles. The van der Waals surface area contributed by atoms with Crippen LogP contribution < -0.4 is 4.74 Å². The second-order valence-electron chi connectivity index (χ2n) is 8.35. The maximum Gasteiger partial charge on any atom is 0.310 e. The van der Waals surface area contributed by atoms with Gasteiger partial charge >= 0.3 is 5.97 Å². The van der Waals surface area contributed by atoms with E-state index < -0.39 is 0 Å². The number of rotatable bonds is 10. The van der Waals surface area contributed by atoms with Gasteiger partial charge in [0.05, 0.1) is 31.0 Å². The molecule has 5 aromatic rings. The first kappa shape index (κ1) is 24.4. The van der Waals surface area contributed by atoms with Crippen LogP contribution in [0.2, 0.25) is 0 Å². The maximum atomic E-state index is 12.2. The molecule has 0 spiro atoms. The van der Waals surface area contributed by atoms with Gasteiger partial charge in [-0.15, -0.1) is 11.3 Å². The average Bonchev–Trinajstić information content (AvgIpc) is 3.57. The van der Waals surface area contributed by atoms with Crippen LogP contribution in [-0.2, 0) is 29.1 Å². The van der Waals surface area contributed by atoms with Crippen LogP contribution in [0.1, 0.15) is 23.7 Å². The van der Waals surface area contributed by atoms with E-state index >= 15 is 0 Å². The number of nitrogens with zero attached hydrogens (tertiary/aromatic N) is 4. The summed E-state index contributed by atoms with van der Waals surface area (Å²) in [4.78, 5) is 21.3. The van der Waals surface area contributed by atoms with Crippen molar-refractivity contribution in [2.45, 2.75) is 26.5 Å². The first-order chi connectivity index (χ1) is 18.2. The van der Waals surface area contributed by atoms with E-state index in [1.165, 1.54) is 0 Å². The molecule has 0 amide bonds. The fourth-order valence-electron chi connectivity index (χ4n) is 3.89. The summed E-state index contributed by atoms with van der Waals surface area (Å²) in [5.74, 6) is 0.268. The number of aromatic nitrogens is 4. The fourth-order valence-corrected chi connectivity index (χ4v) is 4.70. The quantitative estimate of drug-likeness (QED) is 0.221. The fraction of sp³-hybridized carbons (Fsp3) is 0.172. The second kappa shape index (κ2) is 11.6. The highest BCUT2D eigenvalue weighted by Gasteiger charge is 2.15. The van der Waals surface area contributed by atoms with Gasteiger partial charge in [-0.25, -0.2) is 9.97 Å². The molecule has 0 N–H and O–H groups in total. The predicted octanol–water partition coefficient (Wildman–Crippen LogP) is 5.80. The molecular formula is C29H26N4O3S. The van der Waals surface area contributed by atoms with Crippen molar-refractivity contribution in [2.24, 2.45) is 0 Å². The number of thiazole rings is 1. The van der Waals surface area contributed by atoms with Gasteiger partial charge in [0.15, 0.2) is 0 Å². The van der Waals surface area contributed by atoms with Gasteiger partial charge in [0.25, 0.3) is 0 Å². The lowest BCUT2D eigenvalue weighted by atomic mass is 10.1. The van der Waals surface area contributed by atoms with Crippen LogP contribution in [0.15, 0.2) is 90.6 Å². The van der Waals surface area contributed by atoms with Crippen molar-refractivity contribution in [3.63, 3.8) is 0 Å². The van der Waals surface area contributed by atoms with E-state index in [0.29, 0.717) is 25.6 Å². The van der Waals surface area contributed by atoms with Crippen LogP contribution in [0, 0.1) is 0 Å². The lowest BCUT2D eigenvalue weighted by Crippen LogP contribution is -2.07. The molecule has 0 bridgehead atoms. The average molecular weight is 511 g/mol. The van der Waals surface area contributed by atoms with E-state index in [0.717, 1.165) is 38.6 Å². The van der Waals surface area contributed by atoms with Crippen LogP contribution >= 0.6 is 11.3 Å². The summed E-state index contributed by atoms with van der Waals surface area (Å²) >= 11 is 1.60. The van der Waals surface area contributed by atoms with Crippen molar-refractivity contribution in [1.82, 2.24) is 19.7 Å². The van der Waals surface area contributed by atoms with Gasteiger partial charge < -0.3 is 9.47 Å². The number of carbonyl (C=O) groups is 1. The van der Waals surface area contributed by atoms with Crippen molar-refractivity contribution in [3.8, 4) is 27.7 Å². The molecule has 0 aliphatic carbocycles. The van der Waals surface area contributed by atoms with E-state index in [9.17, 15) is 4.79 Å². The van der Waals surface area contributed by atoms with Gasteiger partial charge in [0.2, 0.25) is 5.88 Å². The summed E-state index contributed by atoms with van der Waals surface area (Å²) in [6.07, 6.45) is 3.85. The molecule has 0 aliphatic rings. The molecule has 3 heterocycles. The maximum absolute atomic E-state index is 12.2. The highest BCUT2D eigenvalue weighted by atomic mass is 32.1. The molecule has 0 saturated carbocycles. The van der Waals surface area contributed by atoms with E-state index in [4.69, 9.17) is 14.6 Å². The Labute approximate surface area is 219 Å². The summed E-state index contributed by atoms with van der Waals surface area (Å²) in [5.41, 5.74) is 5.50. The van der Waals surface area contributed by atoms with Gasteiger partial charge in [-0.05, 0) is 12.5 Å². The summed E-state index contributed by atoms with van der Waals surface area (Å²) in [7, 11) is 0. The summed E-state index contributed by atoms with van der Waals surface area (Å²) in [6, 6.07) is 23.8. The minimum Gasteiger partial charge on any atom is -0.471 e. The molecule has 0 unspecified atom stereocenters. The molecule has 7 nitrogen and oxygen atoms in total. The Morgan fingerprint density at radius 2 is 1.73 bits per heavy atom. The molecule has 0 saturated heterocycles. The van der Waals surface area contributed by atoms with Crippen molar-refractivity contribution >= 4 is 17.3 Å². The molecular weight excluding hydrogens is 484 g/mol. The Morgan fingerprint density at radius 3 is 2.43 bits per heavy atom. The largest absolute Gasteiger partial charge is 0.471 e. The lowest BCUT2D eigenvalue weighted by molar-refractivity contribution is -0.142. The molecule has 0 atom stereocenters. The van der Waals surface area contributed by atoms with E-state index in [2.05, 4.69) is 9.97 Å². The van der Waals surface area contributed by atoms with E-state index in [-0.39, 0.29) is 12.4 Å². The zero-order valence-electron chi connectivity index (χ0n) is 20.4.